The zero-order valence-corrected chi connectivity index (χ0v) is 14.2. The van der Waals surface area contributed by atoms with E-state index in [9.17, 15) is 22.8 Å². The van der Waals surface area contributed by atoms with Gasteiger partial charge < -0.3 is 15.0 Å². The predicted molar refractivity (Wildman–Crippen MR) is 83.7 cm³/mol. The Morgan fingerprint density at radius 2 is 1.79 bits per heavy atom. The van der Waals surface area contributed by atoms with Crippen LogP contribution in [-0.2, 0) is 15.7 Å². The highest BCUT2D eigenvalue weighted by Crippen LogP contribution is 2.33. The summed E-state index contributed by atoms with van der Waals surface area (Å²) >= 11 is 0. The minimum absolute atomic E-state index is 0.00973. The van der Waals surface area contributed by atoms with E-state index >= 15 is 0 Å². The number of halogens is 3. The average molecular weight is 346 g/mol. The number of amides is 2. The zero-order valence-electron chi connectivity index (χ0n) is 14.2. The maximum absolute atomic E-state index is 12.9. The second-order valence-electron chi connectivity index (χ2n) is 6.41. The van der Waals surface area contributed by atoms with Gasteiger partial charge in [-0.05, 0) is 45.4 Å². The lowest BCUT2D eigenvalue weighted by molar-refractivity contribution is -0.138. The van der Waals surface area contributed by atoms with Gasteiger partial charge >= 0.3 is 12.3 Å². The van der Waals surface area contributed by atoms with Gasteiger partial charge in [0.05, 0.1) is 5.56 Å². The maximum Gasteiger partial charge on any atom is 0.416 e. The van der Waals surface area contributed by atoms with E-state index in [1.165, 1.54) is 26.1 Å². The Hall–Kier alpha value is -2.25. The van der Waals surface area contributed by atoms with Crippen molar-refractivity contribution >= 4 is 17.7 Å². The van der Waals surface area contributed by atoms with Crippen molar-refractivity contribution < 1.29 is 27.5 Å². The molecule has 0 heterocycles. The summed E-state index contributed by atoms with van der Waals surface area (Å²) in [6.07, 6.45) is -5.20. The van der Waals surface area contributed by atoms with Crippen LogP contribution in [0.15, 0.2) is 18.2 Å². The number of carbonyl (C=O) groups is 2. The lowest BCUT2D eigenvalue weighted by atomic mass is 10.1. The SMILES string of the molecule is Cc1ccc(NC(=O)CN(C)C(=O)OC(C)(C)C)cc1C(F)(F)F. The van der Waals surface area contributed by atoms with Crippen molar-refractivity contribution in [2.45, 2.75) is 39.5 Å². The minimum Gasteiger partial charge on any atom is -0.444 e. The third-order valence-corrected chi connectivity index (χ3v) is 2.91. The molecule has 0 radical (unpaired) electrons. The van der Waals surface area contributed by atoms with Crippen molar-refractivity contribution in [1.29, 1.82) is 0 Å². The average Bonchev–Trinajstić information content (AvgIpc) is 2.37. The van der Waals surface area contributed by atoms with Crippen molar-refractivity contribution in [3.8, 4) is 0 Å². The van der Waals surface area contributed by atoms with Crippen molar-refractivity contribution in [2.24, 2.45) is 0 Å². The molecule has 2 amide bonds. The van der Waals surface area contributed by atoms with Crippen LogP contribution in [0.2, 0.25) is 0 Å². The van der Waals surface area contributed by atoms with E-state index in [2.05, 4.69) is 5.32 Å². The number of nitrogens with one attached hydrogen (secondary N) is 1. The van der Waals surface area contributed by atoms with Gasteiger partial charge in [-0.25, -0.2) is 4.79 Å². The molecule has 0 saturated carbocycles. The lowest BCUT2D eigenvalue weighted by Gasteiger charge is -2.24. The predicted octanol–water partition coefficient (Wildman–Crippen LogP) is 3.82. The van der Waals surface area contributed by atoms with Crippen LogP contribution < -0.4 is 5.32 Å². The molecule has 24 heavy (non-hydrogen) atoms. The van der Waals surface area contributed by atoms with E-state index in [1.54, 1.807) is 20.8 Å². The number of nitrogens with zero attached hydrogens (tertiary/aromatic N) is 1. The highest BCUT2D eigenvalue weighted by atomic mass is 19.4. The van der Waals surface area contributed by atoms with E-state index in [0.29, 0.717) is 0 Å². The van der Waals surface area contributed by atoms with Crippen LogP contribution in [0, 0.1) is 6.92 Å². The van der Waals surface area contributed by atoms with Gasteiger partial charge in [-0.3, -0.25) is 4.79 Å². The summed E-state index contributed by atoms with van der Waals surface area (Å²) in [6, 6.07) is 3.51. The number of hydrogen-bond donors (Lipinski definition) is 1. The quantitative estimate of drug-likeness (QED) is 0.905. The van der Waals surface area contributed by atoms with Crippen LogP contribution in [0.25, 0.3) is 0 Å². The fourth-order valence-electron chi connectivity index (χ4n) is 1.83. The number of anilines is 1. The molecule has 0 aliphatic rings. The molecule has 0 atom stereocenters. The third kappa shape index (κ3) is 6.10. The van der Waals surface area contributed by atoms with Crippen LogP contribution in [0.5, 0.6) is 0 Å². The summed E-state index contributed by atoms with van der Waals surface area (Å²) in [6.45, 7) is 6.05. The number of hydrogen-bond acceptors (Lipinski definition) is 3. The number of rotatable bonds is 3. The Bertz CT molecular complexity index is 622. The van der Waals surface area contributed by atoms with E-state index in [-0.39, 0.29) is 17.8 Å². The van der Waals surface area contributed by atoms with Crippen molar-refractivity contribution in [1.82, 2.24) is 4.90 Å². The third-order valence-electron chi connectivity index (χ3n) is 2.91. The molecule has 5 nitrogen and oxygen atoms in total. The molecule has 1 aromatic carbocycles. The largest absolute Gasteiger partial charge is 0.444 e. The summed E-state index contributed by atoms with van der Waals surface area (Å²) in [5.74, 6) is -0.625. The van der Waals surface area contributed by atoms with Gasteiger partial charge in [0.1, 0.15) is 12.1 Å². The Morgan fingerprint density at radius 3 is 2.29 bits per heavy atom. The second-order valence-corrected chi connectivity index (χ2v) is 6.41. The first-order valence-electron chi connectivity index (χ1n) is 7.21. The zero-order chi connectivity index (χ0) is 18.7. The summed E-state index contributed by atoms with van der Waals surface area (Å²) in [5, 5.41) is 2.34. The van der Waals surface area contributed by atoms with E-state index in [1.807, 2.05) is 0 Å². The minimum atomic E-state index is -4.50. The molecule has 0 aliphatic carbocycles. The number of benzene rings is 1. The number of likely N-dealkylation sites (N-methyl/N-ethyl adjacent to an activating group) is 1. The Morgan fingerprint density at radius 1 is 1.21 bits per heavy atom. The van der Waals surface area contributed by atoms with Crippen LogP contribution in [0.3, 0.4) is 0 Å². The van der Waals surface area contributed by atoms with Gasteiger partial charge in [0, 0.05) is 12.7 Å². The summed E-state index contributed by atoms with van der Waals surface area (Å²) in [7, 11) is 1.37. The fraction of sp³-hybridized carbons (Fsp3) is 0.500. The number of alkyl halides is 3. The summed E-state index contributed by atoms with van der Waals surface area (Å²) < 4.78 is 43.7. The van der Waals surface area contributed by atoms with Crippen LogP contribution >= 0.6 is 0 Å². The topological polar surface area (TPSA) is 58.6 Å². The van der Waals surface area contributed by atoms with Gasteiger partial charge in [-0.15, -0.1) is 0 Å². The van der Waals surface area contributed by atoms with E-state index in [0.717, 1.165) is 11.0 Å². The Labute approximate surface area is 138 Å². The molecule has 0 unspecified atom stereocenters. The van der Waals surface area contributed by atoms with Gasteiger partial charge in [-0.2, -0.15) is 13.2 Å². The first-order chi connectivity index (χ1) is 10.8. The Balaban J connectivity index is 2.74. The molecule has 1 aromatic rings. The smallest absolute Gasteiger partial charge is 0.416 e. The molecule has 8 heteroatoms. The van der Waals surface area contributed by atoms with Gasteiger partial charge in [-0.1, -0.05) is 6.07 Å². The molecule has 0 fully saturated rings. The van der Waals surface area contributed by atoms with Crippen molar-refractivity contribution in [2.75, 3.05) is 18.9 Å². The van der Waals surface area contributed by atoms with Crippen LogP contribution in [0.4, 0.5) is 23.7 Å². The van der Waals surface area contributed by atoms with Crippen molar-refractivity contribution in [3.63, 3.8) is 0 Å². The van der Waals surface area contributed by atoms with Crippen molar-refractivity contribution in [3.05, 3.63) is 29.3 Å². The fourth-order valence-corrected chi connectivity index (χ4v) is 1.83. The Kier molecular flexibility index (Phi) is 5.86. The second kappa shape index (κ2) is 7.11. The molecular weight excluding hydrogens is 325 g/mol. The highest BCUT2D eigenvalue weighted by molar-refractivity contribution is 5.93. The standard InChI is InChI=1S/C16H21F3N2O3/c1-10-6-7-11(8-12(10)16(17,18)19)20-13(22)9-21(5)14(23)24-15(2,3)4/h6-8H,9H2,1-5H3,(H,20,22). The summed E-state index contributed by atoms with van der Waals surface area (Å²) in [5.41, 5.74) is -1.46. The number of carbonyl (C=O) groups excluding carboxylic acids is 2. The normalized spacial score (nSPS) is 11.8. The molecule has 0 aromatic heterocycles. The number of ether oxygens (including phenoxy) is 1. The van der Waals surface area contributed by atoms with E-state index in [4.69, 9.17) is 4.74 Å². The van der Waals surface area contributed by atoms with Gasteiger partial charge in [0.2, 0.25) is 5.91 Å². The molecule has 0 saturated heterocycles. The first-order valence-corrected chi connectivity index (χ1v) is 7.21. The first kappa shape index (κ1) is 19.8. The summed E-state index contributed by atoms with van der Waals surface area (Å²) in [4.78, 5) is 24.7. The van der Waals surface area contributed by atoms with Gasteiger partial charge in [0.15, 0.2) is 0 Å². The molecule has 1 rings (SSSR count). The van der Waals surface area contributed by atoms with Gasteiger partial charge in [0.25, 0.3) is 0 Å². The molecule has 0 spiro atoms. The molecule has 0 aliphatic heterocycles. The monoisotopic (exact) mass is 346 g/mol. The number of aryl methyl sites for hydroxylation is 1. The van der Waals surface area contributed by atoms with E-state index < -0.39 is 29.3 Å². The molecule has 0 bridgehead atoms. The lowest BCUT2D eigenvalue weighted by Crippen LogP contribution is -2.38. The highest BCUT2D eigenvalue weighted by Gasteiger charge is 2.32. The van der Waals surface area contributed by atoms with Crippen LogP contribution in [-0.4, -0.2) is 36.1 Å². The van der Waals surface area contributed by atoms with Crippen LogP contribution in [0.1, 0.15) is 31.9 Å². The molecule has 134 valence electrons. The molecule has 1 N–H and O–H groups in total. The molecular formula is C16H21F3N2O3. The maximum atomic E-state index is 12.9.